The number of carbonyl (C=O) groups is 1. The minimum Gasteiger partial charge on any atom is -0.384 e. The van der Waals surface area contributed by atoms with Gasteiger partial charge in [0.1, 0.15) is 11.6 Å². The molecule has 0 atom stereocenters. The molecule has 0 saturated heterocycles. The summed E-state index contributed by atoms with van der Waals surface area (Å²) >= 11 is 3.18. The number of halogens is 2. The first-order valence-corrected chi connectivity index (χ1v) is 6.08. The van der Waals surface area contributed by atoms with Gasteiger partial charge in [-0.3, -0.25) is 4.84 Å². The molecule has 0 aliphatic carbocycles. The van der Waals surface area contributed by atoms with Crippen LogP contribution in [0.1, 0.15) is 10.4 Å². The van der Waals surface area contributed by atoms with Crippen molar-refractivity contribution >= 4 is 27.7 Å². The van der Waals surface area contributed by atoms with Crippen LogP contribution in [0.2, 0.25) is 0 Å². The second-order valence-electron chi connectivity index (χ2n) is 3.72. The Hall–Kier alpha value is -2.35. The second kappa shape index (κ2) is 5.74. The van der Waals surface area contributed by atoms with E-state index in [0.29, 0.717) is 11.3 Å². The van der Waals surface area contributed by atoms with Crippen LogP contribution >= 0.6 is 15.9 Å². The Morgan fingerprint density at radius 1 is 1.35 bits per heavy atom. The van der Waals surface area contributed by atoms with Gasteiger partial charge in [0, 0.05) is 5.56 Å². The van der Waals surface area contributed by atoms with Gasteiger partial charge in [-0.25, -0.2) is 14.2 Å². The van der Waals surface area contributed by atoms with Crippen LogP contribution in [0.4, 0.5) is 10.2 Å². The molecule has 0 saturated carbocycles. The number of carbonyl (C=O) groups excluding carboxylic acids is 1. The van der Waals surface area contributed by atoms with E-state index >= 15 is 0 Å². The maximum absolute atomic E-state index is 12.9. The molecule has 2 N–H and O–H groups in total. The molecule has 1 aromatic carbocycles. The van der Waals surface area contributed by atoms with Gasteiger partial charge in [-0.15, -0.1) is 4.91 Å². The Bertz CT molecular complexity index is 676. The van der Waals surface area contributed by atoms with Crippen LogP contribution in [-0.2, 0) is 4.84 Å². The lowest BCUT2D eigenvalue weighted by molar-refractivity contribution is 0.0507. The summed E-state index contributed by atoms with van der Waals surface area (Å²) in [5.74, 6) is -1.33. The fraction of sp³-hybridized carbons (Fsp3) is 0. The molecular formula is C12H7BrFN3O3. The van der Waals surface area contributed by atoms with E-state index in [9.17, 15) is 14.1 Å². The van der Waals surface area contributed by atoms with Gasteiger partial charge in [0.2, 0.25) is 0 Å². The number of nitrogens with zero attached hydrogens (tertiary/aromatic N) is 2. The lowest BCUT2D eigenvalue weighted by atomic mass is 10.1. The maximum Gasteiger partial charge on any atom is 0.370 e. The molecule has 20 heavy (non-hydrogen) atoms. The molecule has 2 rings (SSSR count). The van der Waals surface area contributed by atoms with Crippen molar-refractivity contribution in [2.45, 2.75) is 0 Å². The first-order chi connectivity index (χ1) is 9.52. The maximum atomic E-state index is 12.9. The molecule has 0 amide bonds. The van der Waals surface area contributed by atoms with Crippen LogP contribution in [0.3, 0.4) is 0 Å². The Kier molecular flexibility index (Phi) is 4.04. The Morgan fingerprint density at radius 2 is 2.00 bits per heavy atom. The molecule has 0 aliphatic rings. The van der Waals surface area contributed by atoms with Gasteiger partial charge >= 0.3 is 5.97 Å². The highest BCUT2D eigenvalue weighted by Gasteiger charge is 2.19. The molecule has 1 heterocycles. The van der Waals surface area contributed by atoms with Gasteiger partial charge in [-0.2, -0.15) is 0 Å². The fourth-order valence-corrected chi connectivity index (χ4v) is 2.17. The number of hydrogen-bond acceptors (Lipinski definition) is 6. The first-order valence-electron chi connectivity index (χ1n) is 5.29. The van der Waals surface area contributed by atoms with E-state index in [-0.39, 0.29) is 15.9 Å². The van der Waals surface area contributed by atoms with Crippen molar-refractivity contribution in [2.75, 3.05) is 5.73 Å². The van der Waals surface area contributed by atoms with E-state index in [1.54, 1.807) is 0 Å². The van der Waals surface area contributed by atoms with Crippen molar-refractivity contribution in [3.05, 3.63) is 51.1 Å². The highest BCUT2D eigenvalue weighted by atomic mass is 79.9. The number of anilines is 1. The van der Waals surface area contributed by atoms with Crippen LogP contribution in [0.15, 0.2) is 40.1 Å². The average molecular weight is 340 g/mol. The molecule has 0 radical (unpaired) electrons. The average Bonchev–Trinajstić information content (AvgIpc) is 2.42. The Labute approximate surface area is 120 Å². The van der Waals surface area contributed by atoms with Crippen molar-refractivity contribution in [2.24, 2.45) is 5.34 Å². The van der Waals surface area contributed by atoms with Gasteiger partial charge in [-0.05, 0) is 46.3 Å². The highest BCUT2D eigenvalue weighted by molar-refractivity contribution is 9.10. The highest BCUT2D eigenvalue weighted by Crippen LogP contribution is 2.31. The Balaban J connectivity index is 2.56. The van der Waals surface area contributed by atoms with Crippen molar-refractivity contribution in [3.8, 4) is 11.3 Å². The zero-order chi connectivity index (χ0) is 14.7. The van der Waals surface area contributed by atoms with E-state index in [2.05, 4.69) is 31.1 Å². The van der Waals surface area contributed by atoms with Crippen molar-refractivity contribution in [1.82, 2.24) is 4.98 Å². The summed E-state index contributed by atoms with van der Waals surface area (Å²) in [5, 5.41) is 2.07. The molecule has 102 valence electrons. The van der Waals surface area contributed by atoms with Crippen LogP contribution in [-0.4, -0.2) is 11.0 Å². The van der Waals surface area contributed by atoms with E-state index < -0.39 is 11.8 Å². The molecule has 0 bridgehead atoms. The number of rotatable bonds is 3. The fourth-order valence-electron chi connectivity index (χ4n) is 1.58. The molecule has 0 aliphatic heterocycles. The Morgan fingerprint density at radius 3 is 2.60 bits per heavy atom. The standard InChI is InChI=1S/C12H7BrFN3O3/c13-10-8(12(18)20-17-19)5-9(15)16-11(10)6-1-3-7(14)4-2-6/h1-5H,(H2,15,16). The minimum absolute atomic E-state index is 0.00331. The smallest absolute Gasteiger partial charge is 0.370 e. The lowest BCUT2D eigenvalue weighted by Crippen LogP contribution is -2.06. The molecule has 0 spiro atoms. The van der Waals surface area contributed by atoms with Gasteiger partial charge in [-0.1, -0.05) is 0 Å². The third-order valence-corrected chi connectivity index (χ3v) is 3.24. The number of nitrogens with two attached hydrogens (primary N) is 1. The molecular weight excluding hydrogens is 333 g/mol. The molecule has 6 nitrogen and oxygen atoms in total. The zero-order valence-corrected chi connectivity index (χ0v) is 11.4. The van der Waals surface area contributed by atoms with E-state index in [4.69, 9.17) is 5.73 Å². The predicted octanol–water partition coefficient (Wildman–Crippen LogP) is 3.07. The summed E-state index contributed by atoms with van der Waals surface area (Å²) in [6.07, 6.45) is 0. The number of benzene rings is 1. The van der Waals surface area contributed by atoms with Gasteiger partial charge in [0.25, 0.3) is 0 Å². The monoisotopic (exact) mass is 339 g/mol. The van der Waals surface area contributed by atoms with Crippen LogP contribution in [0.25, 0.3) is 11.3 Å². The van der Waals surface area contributed by atoms with Crippen molar-refractivity contribution < 1.29 is 14.0 Å². The molecule has 0 fully saturated rings. The molecule has 0 unspecified atom stereocenters. The van der Waals surface area contributed by atoms with Crippen LogP contribution < -0.4 is 5.73 Å². The number of hydrogen-bond donors (Lipinski definition) is 1. The predicted molar refractivity (Wildman–Crippen MR) is 73.0 cm³/mol. The van der Waals surface area contributed by atoms with Crippen LogP contribution in [0, 0.1) is 10.7 Å². The number of pyridine rings is 1. The number of nitrogen functional groups attached to an aromatic ring is 1. The van der Waals surface area contributed by atoms with Gasteiger partial charge < -0.3 is 5.73 Å². The SMILES string of the molecule is Nc1cc(C(=O)ON=O)c(Br)c(-c2ccc(F)cc2)n1. The van der Waals surface area contributed by atoms with Gasteiger partial charge in [0.05, 0.1) is 15.7 Å². The summed E-state index contributed by atoms with van der Waals surface area (Å²) in [7, 11) is 0. The zero-order valence-electron chi connectivity index (χ0n) is 9.84. The van der Waals surface area contributed by atoms with E-state index in [1.807, 2.05) is 0 Å². The summed E-state index contributed by atoms with van der Waals surface area (Å²) in [6.45, 7) is 0. The molecule has 8 heteroatoms. The normalized spacial score (nSPS) is 10.1. The first kappa shape index (κ1) is 14.1. The summed E-state index contributed by atoms with van der Waals surface area (Å²) in [6, 6.07) is 6.70. The van der Waals surface area contributed by atoms with Crippen LogP contribution in [0.5, 0.6) is 0 Å². The second-order valence-corrected chi connectivity index (χ2v) is 4.51. The van der Waals surface area contributed by atoms with Gasteiger partial charge in [0.15, 0.2) is 5.34 Å². The summed E-state index contributed by atoms with van der Waals surface area (Å²) < 4.78 is 13.2. The minimum atomic E-state index is -0.968. The number of aromatic nitrogens is 1. The van der Waals surface area contributed by atoms with Crippen molar-refractivity contribution in [3.63, 3.8) is 0 Å². The van der Waals surface area contributed by atoms with E-state index in [0.717, 1.165) is 0 Å². The molecule has 2 aromatic rings. The molecule has 1 aromatic heterocycles. The topological polar surface area (TPSA) is 94.6 Å². The largest absolute Gasteiger partial charge is 0.384 e. The van der Waals surface area contributed by atoms with Crippen molar-refractivity contribution in [1.29, 1.82) is 0 Å². The summed E-state index contributed by atoms with van der Waals surface area (Å²) in [5.41, 5.74) is 6.47. The third-order valence-electron chi connectivity index (χ3n) is 2.44. The third kappa shape index (κ3) is 2.80. The lowest BCUT2D eigenvalue weighted by Gasteiger charge is -2.08. The quantitative estimate of drug-likeness (QED) is 0.684. The van der Waals surface area contributed by atoms with E-state index in [1.165, 1.54) is 30.3 Å². The summed E-state index contributed by atoms with van der Waals surface area (Å²) in [4.78, 5) is 29.6.